The van der Waals surface area contributed by atoms with Gasteiger partial charge in [-0.2, -0.15) is 0 Å². The summed E-state index contributed by atoms with van der Waals surface area (Å²) < 4.78 is 0. The van der Waals surface area contributed by atoms with Crippen molar-refractivity contribution in [2.24, 2.45) is 0 Å². The molecule has 0 radical (unpaired) electrons. The number of thioether (sulfide) groups is 1. The molecule has 1 heterocycles. The number of amides is 3. The summed E-state index contributed by atoms with van der Waals surface area (Å²) in [6, 6.07) is 1.17. The lowest BCUT2D eigenvalue weighted by atomic mass is 10.4. The number of carbonyl (C=O) groups is 2. The van der Waals surface area contributed by atoms with E-state index < -0.39 is 11.3 Å². The van der Waals surface area contributed by atoms with E-state index in [1.165, 1.54) is 18.8 Å². The van der Waals surface area contributed by atoms with Gasteiger partial charge in [0, 0.05) is 19.4 Å². The first-order valence-electron chi connectivity index (χ1n) is 4.59. The van der Waals surface area contributed by atoms with Crippen LogP contribution < -0.4 is 10.6 Å². The van der Waals surface area contributed by atoms with Gasteiger partial charge in [0.2, 0.25) is 5.91 Å². The molecular weight excluding hydrogens is 228 g/mol. The van der Waals surface area contributed by atoms with Gasteiger partial charge in [-0.15, -0.1) is 0 Å². The normalized spacial score (nSPS) is 11.6. The number of hydrogen-bond donors (Lipinski definition) is 2. The Morgan fingerprint density at radius 1 is 1.38 bits per heavy atom. The molecule has 0 spiro atoms. The zero-order valence-corrected chi connectivity index (χ0v) is 9.75. The van der Waals surface area contributed by atoms with Gasteiger partial charge in [-0.1, -0.05) is 11.8 Å². The fourth-order valence-electron chi connectivity index (χ4n) is 0.834. The summed E-state index contributed by atoms with van der Waals surface area (Å²) in [5.74, 6) is -0.378. The first-order chi connectivity index (χ1) is 7.63. The van der Waals surface area contributed by atoms with E-state index >= 15 is 0 Å². The summed E-state index contributed by atoms with van der Waals surface area (Å²) in [7, 11) is 1.45. The highest BCUT2D eigenvalue weighted by molar-refractivity contribution is 8.00. The molecule has 0 saturated carbocycles. The second-order valence-electron chi connectivity index (χ2n) is 2.86. The molecule has 1 atom stereocenters. The summed E-state index contributed by atoms with van der Waals surface area (Å²) in [4.78, 5) is 30.3. The number of rotatable bonds is 3. The van der Waals surface area contributed by atoms with Crippen LogP contribution >= 0.6 is 11.8 Å². The fraction of sp³-hybridized carbons (Fsp3) is 0.333. The lowest BCUT2D eigenvalue weighted by Crippen LogP contribution is -2.41. The van der Waals surface area contributed by atoms with Crippen LogP contribution in [-0.2, 0) is 4.79 Å². The number of aromatic nitrogens is 2. The minimum Gasteiger partial charge on any atom is -0.341 e. The van der Waals surface area contributed by atoms with Crippen molar-refractivity contribution in [1.82, 2.24) is 20.6 Å². The van der Waals surface area contributed by atoms with Gasteiger partial charge in [-0.05, 0) is 13.0 Å². The molecule has 0 bridgehead atoms. The minimum absolute atomic E-state index is 0.378. The van der Waals surface area contributed by atoms with E-state index in [0.717, 1.165) is 0 Å². The zero-order chi connectivity index (χ0) is 12.0. The Bertz CT molecular complexity index is 371. The van der Waals surface area contributed by atoms with Crippen molar-refractivity contribution >= 4 is 23.7 Å². The summed E-state index contributed by atoms with van der Waals surface area (Å²) in [5.41, 5.74) is 0. The van der Waals surface area contributed by atoms with E-state index in [4.69, 9.17) is 0 Å². The molecule has 1 aromatic rings. The Kier molecular flexibility index (Phi) is 4.71. The summed E-state index contributed by atoms with van der Waals surface area (Å²) in [6.07, 6.45) is 3.19. The van der Waals surface area contributed by atoms with Crippen LogP contribution in [0.4, 0.5) is 4.79 Å². The lowest BCUT2D eigenvalue weighted by molar-refractivity contribution is -0.119. The van der Waals surface area contributed by atoms with Gasteiger partial charge in [-0.25, -0.2) is 14.8 Å². The maximum atomic E-state index is 11.5. The van der Waals surface area contributed by atoms with Gasteiger partial charge >= 0.3 is 6.03 Å². The van der Waals surface area contributed by atoms with Crippen molar-refractivity contribution in [3.63, 3.8) is 0 Å². The number of nitrogens with zero attached hydrogens (tertiary/aromatic N) is 2. The van der Waals surface area contributed by atoms with Gasteiger partial charge in [0.05, 0.1) is 5.25 Å². The van der Waals surface area contributed by atoms with Crippen molar-refractivity contribution < 1.29 is 9.59 Å². The Balaban J connectivity index is 2.49. The molecule has 3 amide bonds. The summed E-state index contributed by atoms with van der Waals surface area (Å²) in [5, 5.41) is 4.56. The zero-order valence-electron chi connectivity index (χ0n) is 8.93. The molecule has 1 aromatic heterocycles. The van der Waals surface area contributed by atoms with E-state index in [1.54, 1.807) is 25.4 Å². The second-order valence-corrected chi connectivity index (χ2v) is 4.17. The lowest BCUT2D eigenvalue weighted by Gasteiger charge is -2.09. The third-order valence-electron chi connectivity index (χ3n) is 1.66. The number of urea groups is 1. The molecule has 0 saturated heterocycles. The van der Waals surface area contributed by atoms with Gasteiger partial charge in [-0.3, -0.25) is 10.1 Å². The van der Waals surface area contributed by atoms with Crippen molar-refractivity contribution in [1.29, 1.82) is 0 Å². The van der Waals surface area contributed by atoms with Crippen LogP contribution in [0.25, 0.3) is 0 Å². The Morgan fingerprint density at radius 3 is 2.56 bits per heavy atom. The van der Waals surface area contributed by atoms with Gasteiger partial charge in [0.25, 0.3) is 0 Å². The second kappa shape index (κ2) is 6.06. The molecule has 6 nitrogen and oxygen atoms in total. The van der Waals surface area contributed by atoms with Crippen molar-refractivity contribution in [3.8, 4) is 0 Å². The van der Waals surface area contributed by atoms with Crippen LogP contribution in [0.15, 0.2) is 23.6 Å². The van der Waals surface area contributed by atoms with Crippen LogP contribution in [0, 0.1) is 0 Å². The molecule has 86 valence electrons. The van der Waals surface area contributed by atoms with Crippen LogP contribution in [-0.4, -0.2) is 34.2 Å². The van der Waals surface area contributed by atoms with Crippen molar-refractivity contribution in [3.05, 3.63) is 18.5 Å². The maximum absolute atomic E-state index is 11.5. The average Bonchev–Trinajstić information content (AvgIpc) is 2.30. The number of imide groups is 1. The van der Waals surface area contributed by atoms with E-state index in [2.05, 4.69) is 20.6 Å². The monoisotopic (exact) mass is 240 g/mol. The molecule has 0 aromatic carbocycles. The van der Waals surface area contributed by atoms with Gasteiger partial charge in [0.1, 0.15) is 0 Å². The molecule has 16 heavy (non-hydrogen) atoms. The van der Waals surface area contributed by atoms with Gasteiger partial charge < -0.3 is 5.32 Å². The quantitative estimate of drug-likeness (QED) is 0.590. The Labute approximate surface area is 97.2 Å². The Morgan fingerprint density at radius 2 is 2.00 bits per heavy atom. The highest BCUT2D eigenvalue weighted by Gasteiger charge is 2.17. The highest BCUT2D eigenvalue weighted by atomic mass is 32.2. The van der Waals surface area contributed by atoms with E-state index in [1.807, 2.05) is 0 Å². The van der Waals surface area contributed by atoms with Crippen LogP contribution in [0.3, 0.4) is 0 Å². The summed E-state index contributed by atoms with van der Waals surface area (Å²) >= 11 is 1.19. The van der Waals surface area contributed by atoms with E-state index in [-0.39, 0.29) is 5.91 Å². The number of hydrogen-bond acceptors (Lipinski definition) is 5. The molecule has 1 rings (SSSR count). The summed E-state index contributed by atoms with van der Waals surface area (Å²) in [6.45, 7) is 1.68. The van der Waals surface area contributed by atoms with Crippen molar-refractivity contribution in [2.45, 2.75) is 17.3 Å². The third-order valence-corrected chi connectivity index (χ3v) is 2.65. The predicted molar refractivity (Wildman–Crippen MR) is 59.9 cm³/mol. The van der Waals surface area contributed by atoms with Crippen LogP contribution in [0.1, 0.15) is 6.92 Å². The molecule has 0 unspecified atom stereocenters. The molecule has 0 aliphatic carbocycles. The average molecular weight is 240 g/mol. The number of carbonyl (C=O) groups excluding carboxylic acids is 2. The van der Waals surface area contributed by atoms with E-state index in [9.17, 15) is 9.59 Å². The molecular formula is C9H12N4O2S. The first-order valence-corrected chi connectivity index (χ1v) is 5.47. The highest BCUT2D eigenvalue weighted by Crippen LogP contribution is 2.17. The van der Waals surface area contributed by atoms with Crippen molar-refractivity contribution in [2.75, 3.05) is 7.05 Å². The Hall–Kier alpha value is -1.63. The van der Waals surface area contributed by atoms with Gasteiger partial charge in [0.15, 0.2) is 5.16 Å². The topological polar surface area (TPSA) is 84.0 Å². The third kappa shape index (κ3) is 3.85. The molecule has 7 heteroatoms. The first kappa shape index (κ1) is 12.4. The van der Waals surface area contributed by atoms with Crippen LogP contribution in [0.5, 0.6) is 0 Å². The fourth-order valence-corrected chi connectivity index (χ4v) is 1.56. The van der Waals surface area contributed by atoms with Crippen LogP contribution in [0.2, 0.25) is 0 Å². The molecule has 0 aliphatic heterocycles. The largest absolute Gasteiger partial charge is 0.341 e. The van der Waals surface area contributed by atoms with E-state index in [0.29, 0.717) is 5.16 Å². The molecule has 0 fully saturated rings. The SMILES string of the molecule is CNC(=O)NC(=O)[C@H](C)Sc1ncccn1. The number of nitrogens with one attached hydrogen (secondary N) is 2. The smallest absolute Gasteiger partial charge is 0.321 e. The standard InChI is InChI=1S/C9H12N4O2S/c1-6(7(14)13-8(15)10-2)16-9-11-4-3-5-12-9/h3-6H,1-2H3,(H2,10,13,14,15)/t6-/m0/s1. The predicted octanol–water partition coefficient (Wildman–Crippen LogP) is 0.413. The maximum Gasteiger partial charge on any atom is 0.321 e. The minimum atomic E-state index is -0.522. The molecule has 0 aliphatic rings. The molecule has 2 N–H and O–H groups in total.